The van der Waals surface area contributed by atoms with Crippen LogP contribution in [0.15, 0.2) is 134 Å². The van der Waals surface area contributed by atoms with Gasteiger partial charge in [-0.25, -0.2) is 51.1 Å². The summed E-state index contributed by atoms with van der Waals surface area (Å²) in [5, 5.41) is 8.40. The van der Waals surface area contributed by atoms with Crippen LogP contribution >= 0.6 is 46.4 Å². The molecule has 77 heavy (non-hydrogen) atoms. The van der Waals surface area contributed by atoms with Crippen LogP contribution < -0.4 is 24.8 Å². The number of ether oxygens (including phenoxy) is 1. The maximum absolute atomic E-state index is 13.6. The number of likely N-dealkylation sites (N-methyl/N-ethyl adjacent to an activating group) is 1. The van der Waals surface area contributed by atoms with Crippen LogP contribution in [0.3, 0.4) is 0 Å². The van der Waals surface area contributed by atoms with Crippen molar-refractivity contribution in [2.24, 2.45) is 0 Å². The molecule has 0 unspecified atom stereocenters. The topological polar surface area (TPSA) is 222 Å². The second-order valence-electron chi connectivity index (χ2n) is 17.6. The molecule has 0 amide bonds. The summed E-state index contributed by atoms with van der Waals surface area (Å²) in [6, 6.07) is 29.7. The fourth-order valence-corrected chi connectivity index (χ4v) is 10.4. The normalized spacial score (nSPS) is 13.2. The van der Waals surface area contributed by atoms with Crippen molar-refractivity contribution in [1.82, 2.24) is 44.7 Å². The van der Waals surface area contributed by atoms with Crippen molar-refractivity contribution in [1.29, 1.82) is 0 Å². The molecule has 18 nitrogen and oxygen atoms in total. The van der Waals surface area contributed by atoms with Crippen LogP contribution in [-0.4, -0.2) is 113 Å². The van der Waals surface area contributed by atoms with Gasteiger partial charge in [0.05, 0.1) is 50.2 Å². The van der Waals surface area contributed by atoms with Crippen LogP contribution in [0.2, 0.25) is 20.4 Å². The van der Waals surface area contributed by atoms with Crippen LogP contribution in [0.25, 0.3) is 44.1 Å². The molecule has 25 heteroatoms. The zero-order valence-electron chi connectivity index (χ0n) is 40.9. The minimum atomic E-state index is -3.65. The summed E-state index contributed by atoms with van der Waals surface area (Å²) in [7, 11) is -5.12. The van der Waals surface area contributed by atoms with Crippen LogP contribution in [0, 0.1) is 5.82 Å². The minimum absolute atomic E-state index is 0.00944. The molecule has 1 fully saturated rings. The smallest absolute Gasteiger partial charge is 0.234 e. The number of anilines is 6. The third kappa shape index (κ3) is 14.5. The highest BCUT2D eigenvalue weighted by atomic mass is 35.5. The van der Waals surface area contributed by atoms with Crippen molar-refractivity contribution in [2.75, 3.05) is 71.9 Å². The molecular weight excluding hydrogens is 1110 g/mol. The SMILES string of the molecule is CN1CCN(CCS(=O)(=O)Nc2cc(-c3ccc4ncnc(Nc5ccc(F)c(Cl)c5)c4c3)cnc2Cl)CC1.CS(=O)(=O)Nc1cc(-c2ccc3ncnc(Nc4ccc(OCc5ccccn5)c(Cl)c4)c3c2)cnc1Cl. The second-order valence-corrected chi connectivity index (χ2v) is 22.7. The van der Waals surface area contributed by atoms with E-state index in [-0.39, 0.29) is 32.5 Å². The molecule has 0 saturated carbocycles. The van der Waals surface area contributed by atoms with Crippen LogP contribution in [0.5, 0.6) is 5.75 Å². The van der Waals surface area contributed by atoms with E-state index in [4.69, 9.17) is 51.1 Å². The van der Waals surface area contributed by atoms with Gasteiger partial charge in [-0.2, -0.15) is 0 Å². The van der Waals surface area contributed by atoms with Crippen molar-refractivity contribution in [3.8, 4) is 28.0 Å². The molecule has 396 valence electrons. The summed E-state index contributed by atoms with van der Waals surface area (Å²) in [5.74, 6) is 1.03. The molecule has 0 spiro atoms. The lowest BCUT2D eigenvalue weighted by Crippen LogP contribution is -2.46. The first-order valence-electron chi connectivity index (χ1n) is 23.4. The van der Waals surface area contributed by atoms with E-state index in [0.29, 0.717) is 74.5 Å². The molecule has 0 bridgehead atoms. The Morgan fingerprint density at radius 1 is 0.610 bits per heavy atom. The van der Waals surface area contributed by atoms with Gasteiger partial charge in [0.2, 0.25) is 20.0 Å². The Hall–Kier alpha value is -7.08. The summed E-state index contributed by atoms with van der Waals surface area (Å²) in [6.07, 6.45) is 8.79. The van der Waals surface area contributed by atoms with Crippen LogP contribution in [-0.2, 0) is 26.7 Å². The monoisotopic (exact) mass is 1160 g/mol. The van der Waals surface area contributed by atoms with Gasteiger partial charge in [0.25, 0.3) is 0 Å². The highest BCUT2D eigenvalue weighted by Gasteiger charge is 2.20. The molecule has 1 saturated heterocycles. The average Bonchev–Trinajstić information content (AvgIpc) is 3.41. The van der Waals surface area contributed by atoms with Crippen molar-refractivity contribution >= 4 is 123 Å². The number of hydrogen-bond donors (Lipinski definition) is 4. The van der Waals surface area contributed by atoms with Gasteiger partial charge in [0, 0.05) is 84.6 Å². The molecule has 4 aromatic carbocycles. The van der Waals surface area contributed by atoms with Gasteiger partial charge < -0.3 is 20.3 Å². The zero-order valence-corrected chi connectivity index (χ0v) is 45.6. The van der Waals surface area contributed by atoms with Gasteiger partial charge in [-0.3, -0.25) is 19.3 Å². The average molecular weight is 1160 g/mol. The van der Waals surface area contributed by atoms with Gasteiger partial charge in [0.1, 0.15) is 42.5 Å². The van der Waals surface area contributed by atoms with E-state index in [2.05, 4.69) is 71.8 Å². The number of pyridine rings is 3. The number of piperazine rings is 1. The standard InChI is InChI=1S/C26H26Cl2FN7O2S.C26H20Cl2N6O3S/c1-35-6-8-36(9-7-35)10-11-39(37,38)34-24-13-18(15-30-25(24)28)17-2-5-23-20(12-17)26(32-16-31-23)33-19-3-4-22(29)21(27)14-19;1-38(35,36)34-23-11-17(13-30-25(23)28)16-5-7-22-20(10-16)26(32-15-31-22)33-18-6-8-24(21(27)12-18)37-14-19-4-2-3-9-29-19/h2-5,12-16,34H,6-11H2,1H3,(H,31,32,33);2-13,15,34H,14H2,1H3,(H,31,32,33). The molecule has 5 aromatic heterocycles. The third-order valence-electron chi connectivity index (χ3n) is 11.9. The Morgan fingerprint density at radius 3 is 1.73 bits per heavy atom. The van der Waals surface area contributed by atoms with E-state index >= 15 is 0 Å². The summed E-state index contributed by atoms with van der Waals surface area (Å²) in [4.78, 5) is 34.4. The summed E-state index contributed by atoms with van der Waals surface area (Å²) < 4.78 is 73.5. The Kier molecular flexibility index (Phi) is 17.1. The first-order valence-corrected chi connectivity index (χ1v) is 28.5. The predicted molar refractivity (Wildman–Crippen MR) is 303 cm³/mol. The predicted octanol–water partition coefficient (Wildman–Crippen LogP) is 11.0. The van der Waals surface area contributed by atoms with Crippen molar-refractivity contribution in [3.05, 3.63) is 166 Å². The number of benzene rings is 4. The number of nitrogens with zero attached hydrogens (tertiary/aromatic N) is 9. The molecule has 9 aromatic rings. The van der Waals surface area contributed by atoms with Gasteiger partial charge in [0.15, 0.2) is 10.3 Å². The number of nitrogens with one attached hydrogen (secondary N) is 4. The Morgan fingerprint density at radius 2 is 1.18 bits per heavy atom. The van der Waals surface area contributed by atoms with Gasteiger partial charge in [-0.15, -0.1) is 0 Å². The molecule has 6 heterocycles. The lowest BCUT2D eigenvalue weighted by Gasteiger charge is -2.32. The zero-order chi connectivity index (χ0) is 54.3. The number of hydrogen-bond acceptors (Lipinski definition) is 16. The number of rotatable bonds is 16. The summed E-state index contributed by atoms with van der Waals surface area (Å²) in [6.45, 7) is 4.23. The first kappa shape index (κ1) is 54.7. The minimum Gasteiger partial charge on any atom is -0.486 e. The lowest BCUT2D eigenvalue weighted by atomic mass is 10.0. The van der Waals surface area contributed by atoms with Gasteiger partial charge >= 0.3 is 0 Å². The van der Waals surface area contributed by atoms with E-state index in [1.165, 1.54) is 24.8 Å². The maximum atomic E-state index is 13.6. The Balaban J connectivity index is 0.000000188. The molecule has 0 aliphatic carbocycles. The highest BCUT2D eigenvalue weighted by Crippen LogP contribution is 2.35. The van der Waals surface area contributed by atoms with E-state index < -0.39 is 25.9 Å². The fourth-order valence-electron chi connectivity index (χ4n) is 7.94. The Bertz CT molecular complexity index is 3850. The number of halogens is 5. The quantitative estimate of drug-likeness (QED) is 0.0661. The van der Waals surface area contributed by atoms with E-state index in [0.717, 1.165) is 54.6 Å². The summed E-state index contributed by atoms with van der Waals surface area (Å²) in [5.41, 5.74) is 6.68. The van der Waals surface area contributed by atoms with E-state index in [1.807, 2.05) is 60.7 Å². The molecular formula is C52H46Cl4FN13O5S2. The van der Waals surface area contributed by atoms with Gasteiger partial charge in [-0.05, 0) is 103 Å². The molecule has 10 rings (SSSR count). The highest BCUT2D eigenvalue weighted by molar-refractivity contribution is 7.92. The Labute approximate surface area is 463 Å². The third-order valence-corrected chi connectivity index (χ3v) is 15.0. The van der Waals surface area contributed by atoms with Gasteiger partial charge in [-0.1, -0.05) is 64.6 Å². The van der Waals surface area contributed by atoms with E-state index in [9.17, 15) is 21.2 Å². The van der Waals surface area contributed by atoms with Crippen molar-refractivity contribution in [2.45, 2.75) is 6.61 Å². The molecule has 1 aliphatic heterocycles. The number of sulfonamides is 2. The molecule has 4 N–H and O–H groups in total. The number of fused-ring (bicyclic) bond motifs is 2. The molecule has 0 atom stereocenters. The number of aromatic nitrogens is 7. The maximum Gasteiger partial charge on any atom is 0.234 e. The molecule has 0 radical (unpaired) electrons. The molecule has 1 aliphatic rings. The van der Waals surface area contributed by atoms with Crippen molar-refractivity contribution in [3.63, 3.8) is 0 Å². The van der Waals surface area contributed by atoms with Crippen LogP contribution in [0.4, 0.5) is 38.8 Å². The fraction of sp³-hybridized carbons (Fsp3) is 0.173. The first-order chi connectivity index (χ1) is 36.9. The largest absolute Gasteiger partial charge is 0.486 e. The van der Waals surface area contributed by atoms with Crippen LogP contribution in [0.1, 0.15) is 5.69 Å². The lowest BCUT2D eigenvalue weighted by molar-refractivity contribution is 0.161. The summed E-state index contributed by atoms with van der Waals surface area (Å²) >= 11 is 24.7. The van der Waals surface area contributed by atoms with Crippen molar-refractivity contribution < 1.29 is 26.0 Å². The second kappa shape index (κ2) is 24.1. The van der Waals surface area contributed by atoms with E-state index in [1.54, 1.807) is 48.9 Å².